The zero-order valence-corrected chi connectivity index (χ0v) is 10.2. The Morgan fingerprint density at radius 3 is 2.53 bits per heavy atom. The van der Waals surface area contributed by atoms with Crippen molar-refractivity contribution in [3.8, 4) is 5.88 Å². The Morgan fingerprint density at radius 1 is 1.40 bits per heavy atom. The van der Waals surface area contributed by atoms with E-state index >= 15 is 0 Å². The van der Waals surface area contributed by atoms with Gasteiger partial charge in [0.2, 0.25) is 5.88 Å². The number of hydrazine groups is 1. The maximum atomic E-state index is 5.63. The van der Waals surface area contributed by atoms with Crippen molar-refractivity contribution in [1.82, 2.24) is 9.97 Å². The molecule has 1 rings (SSSR count). The number of nitrogens with two attached hydrogens (primary N) is 1. The van der Waals surface area contributed by atoms with Crippen molar-refractivity contribution in [2.75, 3.05) is 11.7 Å². The molecule has 0 unspecified atom stereocenters. The Morgan fingerprint density at radius 2 is 2.07 bits per heavy atom. The van der Waals surface area contributed by atoms with E-state index in [9.17, 15) is 0 Å². The number of anilines is 1. The van der Waals surface area contributed by atoms with Gasteiger partial charge < -0.3 is 10.2 Å². The van der Waals surface area contributed by atoms with Crippen LogP contribution in [-0.4, -0.2) is 21.8 Å². The van der Waals surface area contributed by atoms with Gasteiger partial charge in [-0.1, -0.05) is 11.8 Å². The van der Waals surface area contributed by atoms with Gasteiger partial charge in [-0.15, -0.1) is 0 Å². The fraction of sp³-hybridized carbons (Fsp3) is 0.556. The van der Waals surface area contributed by atoms with Gasteiger partial charge in [-0.05, 0) is 27.0 Å². The molecule has 1 aromatic heterocycles. The van der Waals surface area contributed by atoms with E-state index < -0.39 is 0 Å². The van der Waals surface area contributed by atoms with Crippen LogP contribution < -0.4 is 16.0 Å². The van der Waals surface area contributed by atoms with E-state index in [2.05, 4.69) is 15.4 Å². The van der Waals surface area contributed by atoms with Gasteiger partial charge in [-0.2, -0.15) is 4.98 Å². The third-order valence-electron chi connectivity index (χ3n) is 1.42. The molecule has 0 bridgehead atoms. The van der Waals surface area contributed by atoms with Gasteiger partial charge in [0.1, 0.15) is 11.4 Å². The normalized spacial score (nSPS) is 11.3. The molecule has 0 aromatic carbocycles. The molecular weight excluding hydrogens is 212 g/mol. The second-order valence-electron chi connectivity index (χ2n) is 3.94. The number of rotatable bonds is 3. The Hall–Kier alpha value is -1.01. The summed E-state index contributed by atoms with van der Waals surface area (Å²) in [6.07, 6.45) is 1.90. The molecule has 0 aliphatic heterocycles. The largest absolute Gasteiger partial charge is 0.472 e. The summed E-state index contributed by atoms with van der Waals surface area (Å²) in [6.45, 7) is 5.89. The smallest absolute Gasteiger partial charge is 0.220 e. The lowest BCUT2D eigenvalue weighted by atomic mass is 10.2. The molecule has 0 saturated heterocycles. The molecule has 0 spiro atoms. The summed E-state index contributed by atoms with van der Waals surface area (Å²) in [5.41, 5.74) is 2.20. The molecule has 0 aliphatic carbocycles. The lowest BCUT2D eigenvalue weighted by Gasteiger charge is -2.20. The first-order chi connectivity index (χ1) is 6.94. The van der Waals surface area contributed by atoms with Crippen LogP contribution in [0, 0.1) is 0 Å². The lowest BCUT2D eigenvalue weighted by molar-refractivity contribution is 0.123. The Kier molecular flexibility index (Phi) is 3.76. The summed E-state index contributed by atoms with van der Waals surface area (Å²) in [6, 6.07) is 1.67. The van der Waals surface area contributed by atoms with E-state index in [1.165, 1.54) is 11.8 Å². The number of hydrogen-bond acceptors (Lipinski definition) is 6. The van der Waals surface area contributed by atoms with Crippen LogP contribution in [0.5, 0.6) is 5.88 Å². The number of hydrogen-bond donors (Lipinski definition) is 2. The zero-order valence-electron chi connectivity index (χ0n) is 9.37. The summed E-state index contributed by atoms with van der Waals surface area (Å²) in [4.78, 5) is 8.36. The van der Waals surface area contributed by atoms with Crippen molar-refractivity contribution >= 4 is 17.6 Å². The fourth-order valence-corrected chi connectivity index (χ4v) is 1.31. The average molecular weight is 228 g/mol. The highest BCUT2D eigenvalue weighted by Gasteiger charge is 2.14. The standard InChI is InChI=1S/C9H16N4OS/c1-9(2,3)14-7-5-6(13-10)11-8(12-7)15-4/h5H,10H2,1-4H3,(H,11,12,13). The van der Waals surface area contributed by atoms with Crippen molar-refractivity contribution in [2.45, 2.75) is 31.5 Å². The zero-order chi connectivity index (χ0) is 11.5. The number of ether oxygens (including phenoxy) is 1. The predicted octanol–water partition coefficient (Wildman–Crippen LogP) is 1.66. The maximum absolute atomic E-state index is 5.63. The summed E-state index contributed by atoms with van der Waals surface area (Å²) in [7, 11) is 0. The van der Waals surface area contributed by atoms with E-state index in [1.54, 1.807) is 6.07 Å². The lowest BCUT2D eigenvalue weighted by Crippen LogP contribution is -2.24. The quantitative estimate of drug-likeness (QED) is 0.355. The van der Waals surface area contributed by atoms with Gasteiger partial charge >= 0.3 is 0 Å². The van der Waals surface area contributed by atoms with Crippen LogP contribution in [0.1, 0.15) is 20.8 Å². The molecule has 84 valence electrons. The third kappa shape index (κ3) is 3.93. The molecule has 0 amide bonds. The maximum Gasteiger partial charge on any atom is 0.220 e. The van der Waals surface area contributed by atoms with Crippen LogP contribution in [0.15, 0.2) is 11.2 Å². The van der Waals surface area contributed by atoms with Gasteiger partial charge in [0.25, 0.3) is 0 Å². The first-order valence-electron chi connectivity index (χ1n) is 4.53. The molecule has 0 fully saturated rings. The second kappa shape index (κ2) is 4.67. The molecule has 0 aliphatic rings. The van der Waals surface area contributed by atoms with Gasteiger partial charge in [-0.3, -0.25) is 0 Å². The molecule has 5 nitrogen and oxygen atoms in total. The fourth-order valence-electron chi connectivity index (χ4n) is 0.935. The van der Waals surface area contributed by atoms with Crippen LogP contribution in [0.4, 0.5) is 5.82 Å². The molecule has 0 atom stereocenters. The molecule has 15 heavy (non-hydrogen) atoms. The van der Waals surface area contributed by atoms with Crippen molar-refractivity contribution in [3.05, 3.63) is 6.07 Å². The number of nitrogen functional groups attached to an aromatic ring is 1. The van der Waals surface area contributed by atoms with Crippen LogP contribution >= 0.6 is 11.8 Å². The summed E-state index contributed by atoms with van der Waals surface area (Å²) in [5.74, 6) is 6.37. The number of nitrogens with one attached hydrogen (secondary N) is 1. The Labute approximate surface area is 93.8 Å². The van der Waals surface area contributed by atoms with Gasteiger partial charge in [0.15, 0.2) is 5.16 Å². The SMILES string of the molecule is CSc1nc(NN)cc(OC(C)(C)C)n1. The molecule has 0 saturated carbocycles. The number of thioether (sulfide) groups is 1. The topological polar surface area (TPSA) is 73.1 Å². The number of aromatic nitrogens is 2. The minimum atomic E-state index is -0.282. The first-order valence-corrected chi connectivity index (χ1v) is 5.76. The third-order valence-corrected chi connectivity index (χ3v) is 1.97. The van der Waals surface area contributed by atoms with Crippen molar-refractivity contribution < 1.29 is 4.74 Å². The van der Waals surface area contributed by atoms with Crippen LogP contribution in [0.3, 0.4) is 0 Å². The van der Waals surface area contributed by atoms with Gasteiger partial charge in [0, 0.05) is 6.07 Å². The van der Waals surface area contributed by atoms with E-state index in [-0.39, 0.29) is 5.60 Å². The molecular formula is C9H16N4OS. The van der Waals surface area contributed by atoms with Gasteiger partial charge in [-0.25, -0.2) is 10.8 Å². The molecule has 6 heteroatoms. The van der Waals surface area contributed by atoms with Crippen molar-refractivity contribution in [3.63, 3.8) is 0 Å². The van der Waals surface area contributed by atoms with Crippen LogP contribution in [0.2, 0.25) is 0 Å². The van der Waals surface area contributed by atoms with Crippen molar-refractivity contribution in [1.29, 1.82) is 0 Å². The number of nitrogens with zero attached hydrogens (tertiary/aromatic N) is 2. The van der Waals surface area contributed by atoms with E-state index in [1.807, 2.05) is 27.0 Å². The van der Waals surface area contributed by atoms with Gasteiger partial charge in [0.05, 0.1) is 0 Å². The summed E-state index contributed by atoms with van der Waals surface area (Å²) < 4.78 is 5.63. The highest BCUT2D eigenvalue weighted by Crippen LogP contribution is 2.21. The van der Waals surface area contributed by atoms with E-state index in [0.717, 1.165) is 0 Å². The summed E-state index contributed by atoms with van der Waals surface area (Å²) in [5, 5.41) is 0.629. The van der Waals surface area contributed by atoms with Crippen molar-refractivity contribution in [2.24, 2.45) is 5.84 Å². The summed E-state index contributed by atoms with van der Waals surface area (Å²) >= 11 is 1.44. The van der Waals surface area contributed by atoms with E-state index in [0.29, 0.717) is 16.9 Å². The molecule has 1 heterocycles. The highest BCUT2D eigenvalue weighted by molar-refractivity contribution is 7.98. The van der Waals surface area contributed by atoms with Crippen LogP contribution in [0.25, 0.3) is 0 Å². The first kappa shape index (κ1) is 12.1. The second-order valence-corrected chi connectivity index (χ2v) is 4.71. The Bertz CT molecular complexity index is 315. The Balaban J connectivity index is 2.97. The average Bonchev–Trinajstić information content (AvgIpc) is 2.14. The predicted molar refractivity (Wildman–Crippen MR) is 62.0 cm³/mol. The minimum absolute atomic E-state index is 0.282. The van der Waals surface area contributed by atoms with E-state index in [4.69, 9.17) is 10.6 Å². The minimum Gasteiger partial charge on any atom is -0.472 e. The molecule has 3 N–H and O–H groups in total. The van der Waals surface area contributed by atoms with Crippen LogP contribution in [-0.2, 0) is 0 Å². The monoisotopic (exact) mass is 228 g/mol. The highest BCUT2D eigenvalue weighted by atomic mass is 32.2. The molecule has 0 radical (unpaired) electrons. The molecule has 1 aromatic rings.